The minimum Gasteiger partial charge on any atom is -0.478 e. The van der Waals surface area contributed by atoms with Gasteiger partial charge in [0.2, 0.25) is 5.91 Å². The van der Waals surface area contributed by atoms with Gasteiger partial charge >= 0.3 is 12.1 Å². The van der Waals surface area contributed by atoms with Crippen molar-refractivity contribution < 1.29 is 24.2 Å². The summed E-state index contributed by atoms with van der Waals surface area (Å²) in [6.45, 7) is 2.14. The van der Waals surface area contributed by atoms with Gasteiger partial charge in [-0.1, -0.05) is 48.5 Å². The third-order valence-corrected chi connectivity index (χ3v) is 6.16. The van der Waals surface area contributed by atoms with Gasteiger partial charge in [0.25, 0.3) is 0 Å². The van der Waals surface area contributed by atoms with Crippen molar-refractivity contribution in [3.8, 4) is 11.1 Å². The number of hydrogen-bond donors (Lipinski definition) is 3. The van der Waals surface area contributed by atoms with Crippen molar-refractivity contribution in [1.82, 2.24) is 5.32 Å². The second-order valence-electron chi connectivity index (χ2n) is 8.69. The van der Waals surface area contributed by atoms with E-state index in [9.17, 15) is 14.4 Å². The smallest absolute Gasteiger partial charge is 0.407 e. The first kappa shape index (κ1) is 24.0. The van der Waals surface area contributed by atoms with E-state index in [1.807, 2.05) is 31.2 Å². The lowest BCUT2D eigenvalue weighted by Crippen LogP contribution is -2.34. The van der Waals surface area contributed by atoms with E-state index in [2.05, 4.69) is 34.9 Å². The first-order valence-electron chi connectivity index (χ1n) is 11.7. The fraction of sp³-hybridized carbons (Fsp3) is 0.250. The van der Waals surface area contributed by atoms with E-state index >= 15 is 0 Å². The number of fused-ring (bicyclic) bond motifs is 3. The molecule has 0 fully saturated rings. The van der Waals surface area contributed by atoms with Crippen molar-refractivity contribution >= 4 is 23.7 Å². The number of aromatic carboxylic acids is 1. The van der Waals surface area contributed by atoms with Crippen LogP contribution in [0, 0.1) is 0 Å². The summed E-state index contributed by atoms with van der Waals surface area (Å²) < 4.78 is 5.57. The minimum atomic E-state index is -1.01. The number of rotatable bonds is 9. The van der Waals surface area contributed by atoms with Gasteiger partial charge in [0.05, 0.1) is 5.56 Å². The number of ether oxygens (including phenoxy) is 1. The van der Waals surface area contributed by atoms with E-state index in [1.165, 1.54) is 23.3 Å². The maximum Gasteiger partial charge on any atom is 0.407 e. The van der Waals surface area contributed by atoms with Gasteiger partial charge in [0, 0.05) is 24.1 Å². The molecule has 1 aliphatic carbocycles. The van der Waals surface area contributed by atoms with Crippen LogP contribution in [0.5, 0.6) is 0 Å². The Hall–Kier alpha value is -4.13. The van der Waals surface area contributed by atoms with Gasteiger partial charge in [-0.3, -0.25) is 4.79 Å². The van der Waals surface area contributed by atoms with Crippen LogP contribution in [0.1, 0.15) is 53.6 Å². The minimum absolute atomic E-state index is 0.0108. The number of anilines is 1. The van der Waals surface area contributed by atoms with Crippen molar-refractivity contribution in [2.75, 3.05) is 11.9 Å². The number of carboxylic acids is 1. The molecule has 180 valence electrons. The Morgan fingerprint density at radius 3 is 2.11 bits per heavy atom. The van der Waals surface area contributed by atoms with E-state index in [0.717, 1.165) is 11.1 Å². The molecule has 3 aromatic carbocycles. The number of hydrogen-bond acceptors (Lipinski definition) is 4. The summed E-state index contributed by atoms with van der Waals surface area (Å²) in [5.74, 6) is -1.17. The molecule has 0 spiro atoms. The lowest BCUT2D eigenvalue weighted by Gasteiger charge is -2.17. The first-order valence-corrected chi connectivity index (χ1v) is 11.7. The van der Waals surface area contributed by atoms with Crippen LogP contribution < -0.4 is 10.6 Å². The number of alkyl carbamates (subject to hydrolysis) is 1. The maximum atomic E-state index is 12.4. The van der Waals surface area contributed by atoms with Gasteiger partial charge in [0.1, 0.15) is 6.61 Å². The third kappa shape index (κ3) is 5.87. The molecule has 0 aromatic heterocycles. The van der Waals surface area contributed by atoms with Gasteiger partial charge in [-0.15, -0.1) is 0 Å². The maximum absolute atomic E-state index is 12.4. The lowest BCUT2D eigenvalue weighted by atomic mass is 9.98. The van der Waals surface area contributed by atoms with Gasteiger partial charge in [-0.05, 0) is 66.3 Å². The fourth-order valence-electron chi connectivity index (χ4n) is 4.40. The van der Waals surface area contributed by atoms with E-state index in [-0.39, 0.29) is 36.5 Å². The van der Waals surface area contributed by atoms with Gasteiger partial charge in [0.15, 0.2) is 0 Å². The Labute approximate surface area is 204 Å². The van der Waals surface area contributed by atoms with Crippen LogP contribution in [-0.2, 0) is 9.53 Å². The molecule has 0 saturated heterocycles. The molecular weight excluding hydrogens is 444 g/mol. The molecule has 0 aliphatic heterocycles. The molecule has 7 nitrogen and oxygen atoms in total. The van der Waals surface area contributed by atoms with Crippen LogP contribution in [0.4, 0.5) is 10.5 Å². The Kier molecular flexibility index (Phi) is 7.45. The molecule has 0 bridgehead atoms. The number of carboxylic acid groups (broad SMARTS) is 1. The van der Waals surface area contributed by atoms with E-state index in [0.29, 0.717) is 18.5 Å². The van der Waals surface area contributed by atoms with Gasteiger partial charge < -0.3 is 20.5 Å². The molecule has 1 unspecified atom stereocenters. The number of benzene rings is 3. The molecule has 1 atom stereocenters. The predicted octanol–water partition coefficient (Wildman–Crippen LogP) is 5.42. The molecule has 2 amide bonds. The fourth-order valence-corrected chi connectivity index (χ4v) is 4.40. The highest BCUT2D eigenvalue weighted by Gasteiger charge is 2.29. The summed E-state index contributed by atoms with van der Waals surface area (Å²) in [7, 11) is 0. The highest BCUT2D eigenvalue weighted by Crippen LogP contribution is 2.44. The van der Waals surface area contributed by atoms with E-state index in [4.69, 9.17) is 9.84 Å². The van der Waals surface area contributed by atoms with Crippen molar-refractivity contribution in [3.05, 3.63) is 89.5 Å². The Bertz CT molecular complexity index is 1180. The van der Waals surface area contributed by atoms with E-state index in [1.54, 1.807) is 12.1 Å². The molecule has 3 aromatic rings. The molecular formula is C28H28N2O5. The number of nitrogens with one attached hydrogen (secondary N) is 2. The number of carbonyl (C=O) groups is 3. The quantitative estimate of drug-likeness (QED) is 0.386. The van der Waals surface area contributed by atoms with Crippen LogP contribution in [0.25, 0.3) is 11.1 Å². The first-order chi connectivity index (χ1) is 16.9. The average Bonchev–Trinajstić information content (AvgIpc) is 3.17. The number of amides is 2. The number of carbonyl (C=O) groups excluding carboxylic acids is 2. The van der Waals surface area contributed by atoms with Gasteiger partial charge in [-0.2, -0.15) is 0 Å². The average molecular weight is 473 g/mol. The van der Waals surface area contributed by atoms with Gasteiger partial charge in [-0.25, -0.2) is 9.59 Å². The van der Waals surface area contributed by atoms with Crippen LogP contribution in [0.15, 0.2) is 72.8 Å². The normalized spacial score (nSPS) is 12.8. The summed E-state index contributed by atoms with van der Waals surface area (Å²) in [6.07, 6.45) is 1.03. The molecule has 3 N–H and O–H groups in total. The molecule has 0 heterocycles. The standard InChI is InChI=1S/C28H28N2O5/c1-18(7-6-12-26(31)30-20-15-13-19(14-16-20)27(32)33)29-28(34)35-17-25-23-10-4-2-8-21(23)22-9-3-5-11-24(22)25/h2-5,8-11,13-16,18,25H,6-7,12,17H2,1H3,(H,29,34)(H,30,31)(H,32,33). The Morgan fingerprint density at radius 1 is 0.914 bits per heavy atom. The zero-order valence-corrected chi connectivity index (χ0v) is 19.5. The zero-order chi connectivity index (χ0) is 24.8. The lowest BCUT2D eigenvalue weighted by molar-refractivity contribution is -0.116. The zero-order valence-electron chi connectivity index (χ0n) is 19.5. The second-order valence-corrected chi connectivity index (χ2v) is 8.69. The van der Waals surface area contributed by atoms with Crippen molar-refractivity contribution in [3.63, 3.8) is 0 Å². The largest absolute Gasteiger partial charge is 0.478 e. The van der Waals surface area contributed by atoms with Crippen molar-refractivity contribution in [2.45, 2.75) is 38.1 Å². The topological polar surface area (TPSA) is 105 Å². The summed E-state index contributed by atoms with van der Waals surface area (Å²) in [5.41, 5.74) is 5.40. The Morgan fingerprint density at radius 2 is 1.51 bits per heavy atom. The molecule has 0 saturated carbocycles. The Balaban J connectivity index is 1.19. The summed E-state index contributed by atoms with van der Waals surface area (Å²) >= 11 is 0. The van der Waals surface area contributed by atoms with Crippen LogP contribution in [0.3, 0.4) is 0 Å². The predicted molar refractivity (Wildman–Crippen MR) is 134 cm³/mol. The monoisotopic (exact) mass is 472 g/mol. The second kappa shape index (κ2) is 10.9. The molecule has 35 heavy (non-hydrogen) atoms. The van der Waals surface area contributed by atoms with Crippen molar-refractivity contribution in [2.24, 2.45) is 0 Å². The molecule has 4 rings (SSSR count). The van der Waals surface area contributed by atoms with Crippen LogP contribution in [-0.4, -0.2) is 35.7 Å². The highest BCUT2D eigenvalue weighted by atomic mass is 16.5. The van der Waals surface area contributed by atoms with Crippen LogP contribution in [0.2, 0.25) is 0 Å². The molecule has 0 radical (unpaired) electrons. The SMILES string of the molecule is CC(CCCC(=O)Nc1ccc(C(=O)O)cc1)NC(=O)OCC1c2ccccc2-c2ccccc21. The van der Waals surface area contributed by atoms with Crippen LogP contribution >= 0.6 is 0 Å². The molecule has 1 aliphatic rings. The van der Waals surface area contributed by atoms with Crippen molar-refractivity contribution in [1.29, 1.82) is 0 Å². The van der Waals surface area contributed by atoms with E-state index < -0.39 is 12.1 Å². The third-order valence-electron chi connectivity index (χ3n) is 6.16. The summed E-state index contributed by atoms with van der Waals surface area (Å²) in [4.78, 5) is 35.4. The summed E-state index contributed by atoms with van der Waals surface area (Å²) in [5, 5.41) is 14.5. The molecule has 7 heteroatoms. The summed E-state index contributed by atoms with van der Waals surface area (Å²) in [6, 6.07) is 22.2. The highest BCUT2D eigenvalue weighted by molar-refractivity contribution is 5.92.